The summed E-state index contributed by atoms with van der Waals surface area (Å²) in [6.45, 7) is 3.64. The molecule has 0 aliphatic carbocycles. The van der Waals surface area contributed by atoms with Crippen LogP contribution in [0.5, 0.6) is 0 Å². The molecule has 1 aromatic heterocycles. The fourth-order valence-electron chi connectivity index (χ4n) is 3.74. The number of pyridine rings is 1. The first-order chi connectivity index (χ1) is 14.2. The van der Waals surface area contributed by atoms with Crippen LogP contribution in [0.4, 0.5) is 4.79 Å². The summed E-state index contributed by atoms with van der Waals surface area (Å²) in [5, 5.41) is 6.02. The summed E-state index contributed by atoms with van der Waals surface area (Å²) in [4.78, 5) is 31.5. The van der Waals surface area contributed by atoms with Crippen molar-refractivity contribution in [1.29, 1.82) is 0 Å². The summed E-state index contributed by atoms with van der Waals surface area (Å²) in [5.41, 5.74) is 2.08. The number of amides is 3. The molecule has 0 unspecified atom stereocenters. The number of likely N-dealkylation sites (tertiary alicyclic amines) is 1. The van der Waals surface area contributed by atoms with Crippen molar-refractivity contribution in [2.75, 3.05) is 13.1 Å². The summed E-state index contributed by atoms with van der Waals surface area (Å²) in [6.07, 6.45) is 6.98. The molecule has 0 saturated carbocycles. The highest BCUT2D eigenvalue weighted by molar-refractivity contribution is 5.81. The average molecular weight is 395 g/mol. The summed E-state index contributed by atoms with van der Waals surface area (Å²) >= 11 is 0. The van der Waals surface area contributed by atoms with Gasteiger partial charge in [-0.15, -0.1) is 0 Å². The maximum absolute atomic E-state index is 12.9. The third kappa shape index (κ3) is 5.79. The van der Waals surface area contributed by atoms with E-state index in [-0.39, 0.29) is 23.9 Å². The first-order valence-electron chi connectivity index (χ1n) is 10.4. The zero-order valence-corrected chi connectivity index (χ0v) is 17.0. The lowest BCUT2D eigenvalue weighted by Crippen LogP contribution is -2.50. The maximum Gasteiger partial charge on any atom is 0.317 e. The van der Waals surface area contributed by atoms with Crippen LogP contribution in [0.25, 0.3) is 0 Å². The Morgan fingerprint density at radius 1 is 1.10 bits per heavy atom. The molecular weight excluding hydrogens is 364 g/mol. The van der Waals surface area contributed by atoms with Gasteiger partial charge >= 0.3 is 6.03 Å². The van der Waals surface area contributed by atoms with Crippen LogP contribution in [-0.4, -0.2) is 34.9 Å². The van der Waals surface area contributed by atoms with Crippen molar-refractivity contribution in [3.05, 3.63) is 66.0 Å². The van der Waals surface area contributed by atoms with Crippen molar-refractivity contribution >= 4 is 11.9 Å². The number of piperidine rings is 1. The largest absolute Gasteiger partial charge is 0.352 e. The van der Waals surface area contributed by atoms with Gasteiger partial charge in [0, 0.05) is 32.0 Å². The molecule has 1 aromatic carbocycles. The molecule has 29 heavy (non-hydrogen) atoms. The van der Waals surface area contributed by atoms with Crippen molar-refractivity contribution in [3.63, 3.8) is 0 Å². The third-order valence-electron chi connectivity index (χ3n) is 5.39. The number of rotatable bonds is 7. The van der Waals surface area contributed by atoms with E-state index in [2.05, 4.69) is 34.7 Å². The van der Waals surface area contributed by atoms with Crippen molar-refractivity contribution in [3.8, 4) is 0 Å². The van der Waals surface area contributed by atoms with Crippen LogP contribution < -0.4 is 10.6 Å². The Morgan fingerprint density at radius 3 is 2.66 bits per heavy atom. The molecular formula is C23H30N4O2. The van der Waals surface area contributed by atoms with Gasteiger partial charge in [0.2, 0.25) is 5.91 Å². The first-order valence-corrected chi connectivity index (χ1v) is 10.4. The lowest BCUT2D eigenvalue weighted by molar-refractivity contribution is -0.126. The number of nitrogens with zero attached hydrogens (tertiary/aromatic N) is 2. The summed E-state index contributed by atoms with van der Waals surface area (Å²) in [7, 11) is 0. The number of hydrogen-bond acceptors (Lipinski definition) is 3. The fourth-order valence-corrected chi connectivity index (χ4v) is 3.74. The standard InChI is InChI=1S/C23H30N4O2/c1-2-3-14-25-23(29)27-17-20(11-12-21(27)19-9-5-4-6-10-19)22(28)26-16-18-8-7-13-24-15-18/h4-10,13,15,20-21H,2-3,11-12,14,16-17H2,1H3,(H,25,29)(H,26,28)/t20-,21-/m0/s1. The quantitative estimate of drug-likeness (QED) is 0.704. The number of aromatic nitrogens is 1. The van der Waals surface area contributed by atoms with E-state index < -0.39 is 0 Å². The van der Waals surface area contributed by atoms with Crippen LogP contribution in [0.2, 0.25) is 0 Å². The van der Waals surface area contributed by atoms with Gasteiger partial charge in [0.25, 0.3) is 0 Å². The Kier molecular flexibility index (Phi) is 7.61. The molecule has 1 saturated heterocycles. The van der Waals surface area contributed by atoms with E-state index in [0.717, 1.165) is 36.8 Å². The predicted molar refractivity (Wildman–Crippen MR) is 113 cm³/mol. The second-order valence-electron chi connectivity index (χ2n) is 7.52. The number of carbonyl (C=O) groups is 2. The van der Waals surface area contributed by atoms with Crippen LogP contribution >= 0.6 is 0 Å². The maximum atomic E-state index is 12.9. The predicted octanol–water partition coefficient (Wildman–Crippen LogP) is 3.66. The summed E-state index contributed by atoms with van der Waals surface area (Å²) < 4.78 is 0. The zero-order valence-electron chi connectivity index (χ0n) is 17.0. The van der Waals surface area contributed by atoms with Crippen molar-refractivity contribution in [1.82, 2.24) is 20.5 Å². The summed E-state index contributed by atoms with van der Waals surface area (Å²) in [6, 6.07) is 13.8. The lowest BCUT2D eigenvalue weighted by atomic mass is 9.88. The molecule has 2 atom stereocenters. The van der Waals surface area contributed by atoms with Gasteiger partial charge in [-0.3, -0.25) is 9.78 Å². The molecule has 0 spiro atoms. The van der Waals surface area contributed by atoms with Crippen LogP contribution in [0.3, 0.4) is 0 Å². The Hall–Kier alpha value is -2.89. The van der Waals surface area contributed by atoms with Crippen molar-refractivity contribution in [2.45, 2.75) is 45.2 Å². The molecule has 3 amide bonds. The summed E-state index contributed by atoms with van der Waals surface area (Å²) in [5.74, 6) is -0.213. The number of benzene rings is 1. The van der Waals surface area contributed by atoms with Gasteiger partial charge in [0.05, 0.1) is 12.0 Å². The molecule has 1 fully saturated rings. The SMILES string of the molecule is CCCCNC(=O)N1C[C@@H](C(=O)NCc2cccnc2)CC[C@H]1c1ccccc1. The Bertz CT molecular complexity index is 782. The van der Waals surface area contributed by atoms with E-state index in [0.29, 0.717) is 19.6 Å². The van der Waals surface area contributed by atoms with Crippen LogP contribution in [0.1, 0.15) is 49.8 Å². The van der Waals surface area contributed by atoms with Gasteiger partial charge in [-0.1, -0.05) is 49.7 Å². The first kappa shape index (κ1) is 20.8. The van der Waals surface area contributed by atoms with E-state index in [1.54, 1.807) is 12.4 Å². The monoisotopic (exact) mass is 394 g/mol. The minimum absolute atomic E-state index is 0.000185. The Balaban J connectivity index is 1.65. The van der Waals surface area contributed by atoms with E-state index in [1.807, 2.05) is 35.2 Å². The second kappa shape index (κ2) is 10.6. The highest BCUT2D eigenvalue weighted by Crippen LogP contribution is 2.33. The van der Waals surface area contributed by atoms with Crippen molar-refractivity contribution < 1.29 is 9.59 Å². The van der Waals surface area contributed by atoms with Crippen LogP contribution in [0, 0.1) is 5.92 Å². The molecule has 2 aromatic rings. The van der Waals surface area contributed by atoms with Gasteiger partial charge < -0.3 is 15.5 Å². The molecule has 3 rings (SSSR count). The molecule has 6 nitrogen and oxygen atoms in total. The second-order valence-corrected chi connectivity index (χ2v) is 7.52. The fraction of sp³-hybridized carbons (Fsp3) is 0.435. The number of urea groups is 1. The van der Waals surface area contributed by atoms with E-state index in [9.17, 15) is 9.59 Å². The highest BCUT2D eigenvalue weighted by atomic mass is 16.2. The van der Waals surface area contributed by atoms with Gasteiger partial charge in [-0.2, -0.15) is 0 Å². The van der Waals surface area contributed by atoms with E-state index in [4.69, 9.17) is 0 Å². The van der Waals surface area contributed by atoms with Gasteiger partial charge in [-0.25, -0.2) is 4.79 Å². The number of unbranched alkanes of at least 4 members (excludes halogenated alkanes) is 1. The average Bonchev–Trinajstić information content (AvgIpc) is 2.78. The highest BCUT2D eigenvalue weighted by Gasteiger charge is 2.35. The lowest BCUT2D eigenvalue weighted by Gasteiger charge is -2.39. The molecule has 0 radical (unpaired) electrons. The van der Waals surface area contributed by atoms with Crippen molar-refractivity contribution in [2.24, 2.45) is 5.92 Å². The van der Waals surface area contributed by atoms with E-state index in [1.165, 1.54) is 0 Å². The van der Waals surface area contributed by atoms with Gasteiger partial charge in [-0.05, 0) is 36.5 Å². The molecule has 6 heteroatoms. The normalized spacial score (nSPS) is 18.9. The Labute approximate surface area is 172 Å². The number of hydrogen-bond donors (Lipinski definition) is 2. The topological polar surface area (TPSA) is 74.3 Å². The molecule has 2 heterocycles. The zero-order chi connectivity index (χ0) is 20.5. The molecule has 1 aliphatic heterocycles. The molecule has 2 N–H and O–H groups in total. The smallest absolute Gasteiger partial charge is 0.317 e. The third-order valence-corrected chi connectivity index (χ3v) is 5.39. The molecule has 0 bridgehead atoms. The molecule has 1 aliphatic rings. The number of nitrogens with one attached hydrogen (secondary N) is 2. The van der Waals surface area contributed by atoms with Gasteiger partial charge in [0.1, 0.15) is 0 Å². The van der Waals surface area contributed by atoms with E-state index >= 15 is 0 Å². The van der Waals surface area contributed by atoms with Gasteiger partial charge in [0.15, 0.2) is 0 Å². The minimum atomic E-state index is -0.205. The van der Waals surface area contributed by atoms with Crippen LogP contribution in [0.15, 0.2) is 54.9 Å². The Morgan fingerprint density at radius 2 is 1.93 bits per heavy atom. The minimum Gasteiger partial charge on any atom is -0.352 e. The molecule has 154 valence electrons. The number of carbonyl (C=O) groups excluding carboxylic acids is 2. The van der Waals surface area contributed by atoms with Crippen LogP contribution in [-0.2, 0) is 11.3 Å².